The van der Waals surface area contributed by atoms with Crippen LogP contribution in [0, 0.1) is 0 Å². The largest absolute Gasteiger partial charge is 0.298 e. The number of carbonyl (C=O) groups is 1. The molecule has 1 unspecified atom stereocenters. The zero-order valence-corrected chi connectivity index (χ0v) is 10.4. The lowest BCUT2D eigenvalue weighted by Gasteiger charge is -2.22. The van der Waals surface area contributed by atoms with Gasteiger partial charge in [-0.3, -0.25) is 9.69 Å². The first-order valence-corrected chi connectivity index (χ1v) is 5.89. The number of Topliss-reactive ketones (excluding diaryl/α,β-unsaturated/α-hetero) is 1. The minimum atomic E-state index is 0.286. The van der Waals surface area contributed by atoms with Crippen molar-refractivity contribution in [2.24, 2.45) is 0 Å². The highest BCUT2D eigenvalue weighted by Gasteiger charge is 2.11. The lowest BCUT2D eigenvalue weighted by Crippen LogP contribution is -2.34. The van der Waals surface area contributed by atoms with E-state index in [0.717, 1.165) is 12.0 Å². The smallest absolute Gasteiger partial charge is 0.151 e. The van der Waals surface area contributed by atoms with Crippen LogP contribution in [0.2, 0.25) is 0 Å². The molecular weight excluding hydrogens is 198 g/mol. The van der Waals surface area contributed by atoms with Gasteiger partial charge in [0.25, 0.3) is 0 Å². The highest BCUT2D eigenvalue weighted by atomic mass is 16.1. The van der Waals surface area contributed by atoms with Crippen LogP contribution in [-0.4, -0.2) is 30.3 Å². The van der Waals surface area contributed by atoms with Crippen molar-refractivity contribution >= 4 is 5.78 Å². The molecule has 0 N–H and O–H groups in total. The van der Waals surface area contributed by atoms with Crippen LogP contribution in [0.25, 0.3) is 0 Å². The fraction of sp³-hybridized carbons (Fsp3) is 0.500. The van der Waals surface area contributed by atoms with Gasteiger partial charge in [-0.25, -0.2) is 0 Å². The van der Waals surface area contributed by atoms with Crippen LogP contribution < -0.4 is 0 Å². The number of ketones is 1. The average Bonchev–Trinajstić information content (AvgIpc) is 2.29. The van der Waals surface area contributed by atoms with Crippen LogP contribution >= 0.6 is 0 Å². The van der Waals surface area contributed by atoms with Gasteiger partial charge in [-0.2, -0.15) is 0 Å². The van der Waals surface area contributed by atoms with Gasteiger partial charge in [0.15, 0.2) is 5.78 Å². The molecule has 0 fully saturated rings. The van der Waals surface area contributed by atoms with Gasteiger partial charge >= 0.3 is 0 Å². The van der Waals surface area contributed by atoms with Gasteiger partial charge in [-0.05, 0) is 26.0 Å². The predicted octanol–water partition coefficient (Wildman–Crippen LogP) is 2.53. The standard InChI is InChI=1S/C14H21NO/c1-4-12(2)15(3)11-14(16)10-13-8-6-5-7-9-13/h5-9,12H,4,10-11H2,1-3H3. The molecule has 1 atom stereocenters. The molecule has 0 aliphatic carbocycles. The van der Waals surface area contributed by atoms with Gasteiger partial charge in [-0.1, -0.05) is 37.3 Å². The number of benzene rings is 1. The first kappa shape index (κ1) is 12.9. The zero-order valence-electron chi connectivity index (χ0n) is 10.4. The highest BCUT2D eigenvalue weighted by molar-refractivity contribution is 5.82. The summed E-state index contributed by atoms with van der Waals surface area (Å²) in [6, 6.07) is 10.4. The van der Waals surface area contributed by atoms with Crippen molar-refractivity contribution in [3.05, 3.63) is 35.9 Å². The van der Waals surface area contributed by atoms with Gasteiger partial charge in [0.05, 0.1) is 6.54 Å². The van der Waals surface area contributed by atoms with Gasteiger partial charge in [0, 0.05) is 12.5 Å². The Hall–Kier alpha value is -1.15. The van der Waals surface area contributed by atoms with Crippen molar-refractivity contribution in [1.82, 2.24) is 4.90 Å². The number of hydrogen-bond donors (Lipinski definition) is 0. The summed E-state index contributed by atoms with van der Waals surface area (Å²) in [4.78, 5) is 13.9. The number of hydrogen-bond acceptors (Lipinski definition) is 2. The van der Waals surface area contributed by atoms with E-state index in [0.29, 0.717) is 19.0 Å². The van der Waals surface area contributed by atoms with E-state index in [2.05, 4.69) is 18.7 Å². The summed E-state index contributed by atoms with van der Waals surface area (Å²) in [6.45, 7) is 4.84. The van der Waals surface area contributed by atoms with Crippen LogP contribution in [0.1, 0.15) is 25.8 Å². The van der Waals surface area contributed by atoms with Crippen LogP contribution in [0.4, 0.5) is 0 Å². The molecule has 0 aliphatic heterocycles. The Morgan fingerprint density at radius 2 is 1.94 bits per heavy atom. The molecule has 1 rings (SSSR count). The molecule has 0 radical (unpaired) electrons. The minimum Gasteiger partial charge on any atom is -0.298 e. The highest BCUT2D eigenvalue weighted by Crippen LogP contribution is 2.03. The van der Waals surface area contributed by atoms with Crippen LogP contribution in [-0.2, 0) is 11.2 Å². The molecule has 1 aromatic rings. The molecule has 88 valence electrons. The monoisotopic (exact) mass is 219 g/mol. The maximum atomic E-state index is 11.8. The van der Waals surface area contributed by atoms with Crippen molar-refractivity contribution in [2.75, 3.05) is 13.6 Å². The quantitative estimate of drug-likeness (QED) is 0.732. The molecule has 0 aliphatic rings. The third kappa shape index (κ3) is 4.15. The van der Waals surface area contributed by atoms with Gasteiger partial charge < -0.3 is 0 Å². The Balaban J connectivity index is 2.42. The second-order valence-corrected chi connectivity index (χ2v) is 4.37. The second-order valence-electron chi connectivity index (χ2n) is 4.37. The Morgan fingerprint density at radius 1 is 1.31 bits per heavy atom. The van der Waals surface area contributed by atoms with Gasteiger partial charge in [-0.15, -0.1) is 0 Å². The van der Waals surface area contributed by atoms with Crippen LogP contribution in [0.3, 0.4) is 0 Å². The normalized spacial score (nSPS) is 12.8. The third-order valence-corrected chi connectivity index (χ3v) is 3.01. The maximum absolute atomic E-state index is 11.8. The molecule has 0 saturated heterocycles. The topological polar surface area (TPSA) is 20.3 Å². The summed E-state index contributed by atoms with van der Waals surface area (Å²) in [5.41, 5.74) is 1.10. The fourth-order valence-corrected chi connectivity index (χ4v) is 1.63. The van der Waals surface area contributed by atoms with Gasteiger partial charge in [0.2, 0.25) is 0 Å². The van der Waals surface area contributed by atoms with Crippen molar-refractivity contribution in [2.45, 2.75) is 32.7 Å². The van der Waals surface area contributed by atoms with E-state index in [1.165, 1.54) is 0 Å². The summed E-state index contributed by atoms with van der Waals surface area (Å²) < 4.78 is 0. The average molecular weight is 219 g/mol. The lowest BCUT2D eigenvalue weighted by molar-refractivity contribution is -0.119. The predicted molar refractivity (Wildman–Crippen MR) is 67.5 cm³/mol. The van der Waals surface area contributed by atoms with Crippen molar-refractivity contribution in [1.29, 1.82) is 0 Å². The summed E-state index contributed by atoms with van der Waals surface area (Å²) in [5.74, 6) is 0.286. The molecule has 1 aromatic carbocycles. The Bertz CT molecular complexity index is 321. The lowest BCUT2D eigenvalue weighted by atomic mass is 10.1. The van der Waals surface area contributed by atoms with Gasteiger partial charge in [0.1, 0.15) is 0 Å². The summed E-state index contributed by atoms with van der Waals surface area (Å²) in [5, 5.41) is 0. The fourth-order valence-electron chi connectivity index (χ4n) is 1.63. The molecular formula is C14H21NO. The minimum absolute atomic E-state index is 0.286. The third-order valence-electron chi connectivity index (χ3n) is 3.01. The summed E-state index contributed by atoms with van der Waals surface area (Å²) in [7, 11) is 2.01. The molecule has 2 heteroatoms. The second kappa shape index (κ2) is 6.44. The number of likely N-dealkylation sites (N-methyl/N-ethyl adjacent to an activating group) is 1. The van der Waals surface area contributed by atoms with Crippen LogP contribution in [0.15, 0.2) is 30.3 Å². The zero-order chi connectivity index (χ0) is 12.0. The first-order valence-electron chi connectivity index (χ1n) is 5.89. The van der Waals surface area contributed by atoms with E-state index in [1.54, 1.807) is 0 Å². The Kier molecular flexibility index (Phi) is 5.20. The molecule has 0 heterocycles. The van der Waals surface area contributed by atoms with E-state index in [-0.39, 0.29) is 5.78 Å². The number of nitrogens with zero attached hydrogens (tertiary/aromatic N) is 1. The van der Waals surface area contributed by atoms with Crippen LogP contribution in [0.5, 0.6) is 0 Å². The molecule has 0 saturated carbocycles. The van der Waals surface area contributed by atoms with E-state index in [1.807, 2.05) is 37.4 Å². The maximum Gasteiger partial charge on any atom is 0.151 e. The number of carbonyl (C=O) groups excluding carboxylic acids is 1. The Morgan fingerprint density at radius 3 is 2.50 bits per heavy atom. The molecule has 0 spiro atoms. The van der Waals surface area contributed by atoms with E-state index >= 15 is 0 Å². The van der Waals surface area contributed by atoms with E-state index in [9.17, 15) is 4.79 Å². The molecule has 2 nitrogen and oxygen atoms in total. The van der Waals surface area contributed by atoms with Crippen molar-refractivity contribution < 1.29 is 4.79 Å². The Labute approximate surface area is 98.3 Å². The van der Waals surface area contributed by atoms with Crippen molar-refractivity contribution in [3.63, 3.8) is 0 Å². The molecule has 0 bridgehead atoms. The van der Waals surface area contributed by atoms with Crippen molar-refractivity contribution in [3.8, 4) is 0 Å². The first-order chi connectivity index (χ1) is 7.63. The molecule has 0 amide bonds. The van der Waals surface area contributed by atoms with E-state index < -0.39 is 0 Å². The van der Waals surface area contributed by atoms with E-state index in [4.69, 9.17) is 0 Å². The molecule has 16 heavy (non-hydrogen) atoms. The SMILES string of the molecule is CCC(C)N(C)CC(=O)Cc1ccccc1. The number of rotatable bonds is 6. The molecule has 0 aromatic heterocycles. The summed E-state index contributed by atoms with van der Waals surface area (Å²) in [6.07, 6.45) is 1.62. The summed E-state index contributed by atoms with van der Waals surface area (Å²) >= 11 is 0.